The molecule has 0 aromatic carbocycles. The van der Waals surface area contributed by atoms with E-state index in [0.29, 0.717) is 11.9 Å². The lowest BCUT2D eigenvalue weighted by molar-refractivity contribution is 0.254. The summed E-state index contributed by atoms with van der Waals surface area (Å²) >= 11 is 0. The zero-order valence-electron chi connectivity index (χ0n) is 13.6. The summed E-state index contributed by atoms with van der Waals surface area (Å²) in [6.07, 6.45) is 2.37. The molecule has 21 heavy (non-hydrogen) atoms. The van der Waals surface area contributed by atoms with E-state index in [1.807, 2.05) is 0 Å². The van der Waals surface area contributed by atoms with Crippen LogP contribution >= 0.6 is 0 Å². The number of nitrogens with one attached hydrogen (secondary N) is 1. The maximum absolute atomic E-state index is 5.81. The Kier molecular flexibility index (Phi) is 4.82. The summed E-state index contributed by atoms with van der Waals surface area (Å²) in [6.45, 7) is 8.19. The van der Waals surface area contributed by atoms with E-state index in [9.17, 15) is 0 Å². The lowest BCUT2D eigenvalue weighted by Gasteiger charge is -2.28. The molecule has 7 nitrogen and oxygen atoms in total. The monoisotopic (exact) mass is 293 g/mol. The Morgan fingerprint density at radius 1 is 1.19 bits per heavy atom. The fourth-order valence-corrected chi connectivity index (χ4v) is 2.75. The van der Waals surface area contributed by atoms with Crippen molar-refractivity contribution in [3.8, 4) is 0 Å². The van der Waals surface area contributed by atoms with Crippen LogP contribution in [0.15, 0.2) is 0 Å². The van der Waals surface area contributed by atoms with Gasteiger partial charge < -0.3 is 20.9 Å². The van der Waals surface area contributed by atoms with Crippen molar-refractivity contribution in [2.75, 3.05) is 56.2 Å². The Labute approximate surface area is 127 Å². The molecule has 118 valence electrons. The van der Waals surface area contributed by atoms with Gasteiger partial charge in [0.2, 0.25) is 17.8 Å². The minimum Gasteiger partial charge on any atom is -0.368 e. The largest absolute Gasteiger partial charge is 0.368 e. The van der Waals surface area contributed by atoms with Crippen molar-refractivity contribution in [3.05, 3.63) is 0 Å². The molecule has 0 atom stereocenters. The Bertz CT molecular complexity index is 466. The molecule has 1 aromatic heterocycles. The Morgan fingerprint density at radius 2 is 1.86 bits per heavy atom. The molecule has 0 unspecified atom stereocenters. The topological polar surface area (TPSA) is 83.2 Å². The van der Waals surface area contributed by atoms with Crippen LogP contribution in [0.2, 0.25) is 0 Å². The number of hydrogen-bond donors (Lipinski definition) is 2. The van der Waals surface area contributed by atoms with Crippen molar-refractivity contribution in [1.29, 1.82) is 0 Å². The Morgan fingerprint density at radius 3 is 2.48 bits per heavy atom. The average molecular weight is 293 g/mol. The molecule has 1 aliphatic heterocycles. The van der Waals surface area contributed by atoms with E-state index in [-0.39, 0.29) is 11.4 Å². The van der Waals surface area contributed by atoms with Crippen molar-refractivity contribution in [2.45, 2.75) is 26.7 Å². The van der Waals surface area contributed by atoms with Gasteiger partial charge in [0.15, 0.2) is 0 Å². The molecule has 0 saturated carbocycles. The summed E-state index contributed by atoms with van der Waals surface area (Å²) in [5.74, 6) is 1.53. The number of aromatic nitrogens is 3. The first-order valence-corrected chi connectivity index (χ1v) is 7.51. The molecule has 3 N–H and O–H groups in total. The molecule has 2 heterocycles. The number of hydrogen-bond acceptors (Lipinski definition) is 7. The van der Waals surface area contributed by atoms with Crippen LogP contribution in [-0.2, 0) is 0 Å². The number of nitrogens with two attached hydrogens (primary N) is 1. The molecule has 0 spiro atoms. The number of nitrogen functional groups attached to an aromatic ring is 1. The smallest absolute Gasteiger partial charge is 0.231 e. The van der Waals surface area contributed by atoms with Gasteiger partial charge >= 0.3 is 0 Å². The molecule has 7 heteroatoms. The van der Waals surface area contributed by atoms with Gasteiger partial charge in [-0.3, -0.25) is 0 Å². The van der Waals surface area contributed by atoms with E-state index in [0.717, 1.165) is 26.2 Å². The third-order valence-corrected chi connectivity index (χ3v) is 3.50. The molecule has 1 fully saturated rings. The van der Waals surface area contributed by atoms with Gasteiger partial charge in [-0.25, -0.2) is 0 Å². The zero-order chi connectivity index (χ0) is 15.5. The average Bonchev–Trinajstić information content (AvgIpc) is 2.88. The molecule has 0 radical (unpaired) electrons. The maximum Gasteiger partial charge on any atom is 0.231 e. The maximum atomic E-state index is 5.81. The Balaban J connectivity index is 2.02. The highest BCUT2D eigenvalue weighted by Crippen LogP contribution is 2.20. The zero-order valence-corrected chi connectivity index (χ0v) is 13.6. The highest BCUT2D eigenvalue weighted by atomic mass is 15.3. The summed E-state index contributed by atoms with van der Waals surface area (Å²) in [7, 11) is 4.16. The quantitative estimate of drug-likeness (QED) is 0.811. The molecule has 0 bridgehead atoms. The van der Waals surface area contributed by atoms with Gasteiger partial charge in [-0.15, -0.1) is 0 Å². The molecular formula is C14H27N7. The Hall–Kier alpha value is -1.63. The molecule has 1 saturated heterocycles. The van der Waals surface area contributed by atoms with Crippen LogP contribution in [0.5, 0.6) is 0 Å². The first-order valence-electron chi connectivity index (χ1n) is 7.51. The SMILES string of the molecule is CN(C)CC(C)(C)CNc1nc(N)nc(N2CCCC2)n1. The predicted octanol–water partition coefficient (Wildman–Crippen LogP) is 1.05. The predicted molar refractivity (Wildman–Crippen MR) is 86.5 cm³/mol. The summed E-state index contributed by atoms with van der Waals surface area (Å²) in [5.41, 5.74) is 5.93. The fourth-order valence-electron chi connectivity index (χ4n) is 2.75. The fraction of sp³-hybridized carbons (Fsp3) is 0.786. The first-order chi connectivity index (χ1) is 9.85. The van der Waals surface area contributed by atoms with Crippen LogP contribution in [-0.4, -0.2) is 60.1 Å². The van der Waals surface area contributed by atoms with E-state index < -0.39 is 0 Å². The van der Waals surface area contributed by atoms with E-state index in [1.165, 1.54) is 12.8 Å². The molecule has 1 aromatic rings. The van der Waals surface area contributed by atoms with Gasteiger partial charge in [-0.2, -0.15) is 15.0 Å². The molecule has 0 amide bonds. The van der Waals surface area contributed by atoms with Gasteiger partial charge in [-0.1, -0.05) is 13.8 Å². The van der Waals surface area contributed by atoms with Crippen molar-refractivity contribution in [1.82, 2.24) is 19.9 Å². The molecule has 0 aliphatic carbocycles. The second-order valence-electron chi connectivity index (χ2n) is 6.77. The summed E-state index contributed by atoms with van der Waals surface area (Å²) < 4.78 is 0. The lowest BCUT2D eigenvalue weighted by atomic mass is 9.93. The minimum absolute atomic E-state index is 0.124. The molecular weight excluding hydrogens is 266 g/mol. The summed E-state index contributed by atoms with van der Waals surface area (Å²) in [6, 6.07) is 0. The van der Waals surface area contributed by atoms with Gasteiger partial charge in [0, 0.05) is 26.2 Å². The van der Waals surface area contributed by atoms with Gasteiger partial charge in [0.05, 0.1) is 0 Å². The first kappa shape index (κ1) is 15.8. The molecule has 1 aliphatic rings. The highest BCUT2D eigenvalue weighted by Gasteiger charge is 2.20. The highest BCUT2D eigenvalue weighted by molar-refractivity contribution is 5.42. The van der Waals surface area contributed by atoms with E-state index in [4.69, 9.17) is 5.73 Å². The van der Waals surface area contributed by atoms with Crippen LogP contribution in [0.4, 0.5) is 17.8 Å². The van der Waals surface area contributed by atoms with Crippen molar-refractivity contribution in [2.24, 2.45) is 5.41 Å². The normalized spacial score (nSPS) is 15.8. The van der Waals surface area contributed by atoms with Crippen LogP contribution in [0.3, 0.4) is 0 Å². The third-order valence-electron chi connectivity index (χ3n) is 3.50. The van der Waals surface area contributed by atoms with Gasteiger partial charge in [0.25, 0.3) is 0 Å². The van der Waals surface area contributed by atoms with E-state index in [2.05, 4.69) is 58.0 Å². The van der Waals surface area contributed by atoms with Crippen LogP contribution in [0.1, 0.15) is 26.7 Å². The standard InChI is InChI=1S/C14H27N7/c1-14(2,10-20(3)4)9-16-12-17-11(15)18-13(19-12)21-7-5-6-8-21/h5-10H2,1-4H3,(H3,15,16,17,18,19). The second-order valence-corrected chi connectivity index (χ2v) is 6.77. The summed E-state index contributed by atoms with van der Waals surface area (Å²) in [5, 5.41) is 3.30. The van der Waals surface area contributed by atoms with Gasteiger partial charge in [-0.05, 0) is 32.4 Å². The van der Waals surface area contributed by atoms with Crippen LogP contribution in [0, 0.1) is 5.41 Å². The second kappa shape index (κ2) is 6.43. The summed E-state index contributed by atoms with van der Waals surface area (Å²) in [4.78, 5) is 17.3. The number of rotatable bonds is 6. The van der Waals surface area contributed by atoms with Gasteiger partial charge in [0.1, 0.15) is 0 Å². The van der Waals surface area contributed by atoms with Crippen molar-refractivity contribution >= 4 is 17.8 Å². The number of anilines is 3. The van der Waals surface area contributed by atoms with Crippen molar-refractivity contribution < 1.29 is 0 Å². The lowest BCUT2D eigenvalue weighted by Crippen LogP contribution is -2.35. The van der Waals surface area contributed by atoms with Crippen molar-refractivity contribution in [3.63, 3.8) is 0 Å². The number of nitrogens with zero attached hydrogens (tertiary/aromatic N) is 5. The minimum atomic E-state index is 0.124. The van der Waals surface area contributed by atoms with Crippen LogP contribution < -0.4 is 16.0 Å². The van der Waals surface area contributed by atoms with E-state index >= 15 is 0 Å². The molecule has 2 rings (SSSR count). The third kappa shape index (κ3) is 4.70. The van der Waals surface area contributed by atoms with Crippen LogP contribution in [0.25, 0.3) is 0 Å². The van der Waals surface area contributed by atoms with E-state index in [1.54, 1.807) is 0 Å².